The molecule has 0 saturated heterocycles. The number of rotatable bonds is 10. The zero-order valence-corrected chi connectivity index (χ0v) is 17.5. The van der Waals surface area contributed by atoms with Crippen LogP contribution < -0.4 is 0 Å². The van der Waals surface area contributed by atoms with Gasteiger partial charge in [0.25, 0.3) is 11.6 Å². The molecular formula is C24H26FN3O3. The SMILES string of the molecule is CCCCCN(Cc1cccn1Cc1ccc(F)cc1)C(=O)c1cccc([N+](=O)[O-])c1. The average Bonchev–Trinajstić information content (AvgIpc) is 3.21. The second kappa shape index (κ2) is 10.5. The van der Waals surface area contributed by atoms with Gasteiger partial charge in [0, 0.05) is 42.7 Å². The Morgan fingerprint density at radius 1 is 1.10 bits per heavy atom. The summed E-state index contributed by atoms with van der Waals surface area (Å²) >= 11 is 0. The van der Waals surface area contributed by atoms with E-state index in [0.29, 0.717) is 25.2 Å². The molecule has 0 spiro atoms. The molecule has 1 heterocycles. The Morgan fingerprint density at radius 3 is 2.58 bits per heavy atom. The summed E-state index contributed by atoms with van der Waals surface area (Å²) in [7, 11) is 0. The van der Waals surface area contributed by atoms with Crippen molar-refractivity contribution in [2.45, 2.75) is 39.3 Å². The minimum absolute atomic E-state index is 0.0981. The quantitative estimate of drug-likeness (QED) is 0.248. The number of carbonyl (C=O) groups is 1. The van der Waals surface area contributed by atoms with E-state index in [2.05, 4.69) is 6.92 Å². The Hall–Kier alpha value is -3.48. The van der Waals surface area contributed by atoms with Crippen LogP contribution in [0.4, 0.5) is 10.1 Å². The van der Waals surface area contributed by atoms with Crippen LogP contribution in [-0.2, 0) is 13.1 Å². The van der Waals surface area contributed by atoms with Crippen molar-refractivity contribution in [1.29, 1.82) is 0 Å². The minimum Gasteiger partial charge on any atom is -0.345 e. The van der Waals surface area contributed by atoms with Crippen molar-refractivity contribution in [3.8, 4) is 0 Å². The molecule has 2 aromatic carbocycles. The van der Waals surface area contributed by atoms with Crippen molar-refractivity contribution in [3.63, 3.8) is 0 Å². The van der Waals surface area contributed by atoms with Gasteiger partial charge in [-0.2, -0.15) is 0 Å². The zero-order valence-electron chi connectivity index (χ0n) is 17.5. The maximum Gasteiger partial charge on any atom is 0.270 e. The normalized spacial score (nSPS) is 10.8. The molecular weight excluding hydrogens is 397 g/mol. The van der Waals surface area contributed by atoms with Gasteiger partial charge in [-0.25, -0.2) is 4.39 Å². The van der Waals surface area contributed by atoms with Crippen molar-refractivity contribution in [3.05, 3.63) is 99.6 Å². The third kappa shape index (κ3) is 6.01. The number of hydrogen-bond acceptors (Lipinski definition) is 3. The van der Waals surface area contributed by atoms with Crippen LogP contribution in [-0.4, -0.2) is 26.8 Å². The minimum atomic E-state index is -0.494. The Labute approximate surface area is 181 Å². The molecule has 0 aliphatic heterocycles. The summed E-state index contributed by atoms with van der Waals surface area (Å²) < 4.78 is 15.2. The van der Waals surface area contributed by atoms with E-state index in [1.165, 1.54) is 30.3 Å². The largest absolute Gasteiger partial charge is 0.345 e. The van der Waals surface area contributed by atoms with E-state index in [9.17, 15) is 19.3 Å². The number of benzene rings is 2. The molecule has 0 saturated carbocycles. The lowest BCUT2D eigenvalue weighted by Gasteiger charge is -2.24. The molecule has 6 nitrogen and oxygen atoms in total. The highest BCUT2D eigenvalue weighted by atomic mass is 19.1. The summed E-state index contributed by atoms with van der Waals surface area (Å²) in [4.78, 5) is 25.6. The average molecular weight is 423 g/mol. The summed E-state index contributed by atoms with van der Waals surface area (Å²) in [6.45, 7) is 3.62. The van der Waals surface area contributed by atoms with Crippen LogP contribution in [0, 0.1) is 15.9 Å². The number of carbonyl (C=O) groups excluding carboxylic acids is 1. The standard InChI is InChI=1S/C24H26FN3O3/c1-2-3-4-14-27(24(29)20-7-5-8-22(16-20)28(30)31)18-23-9-6-15-26(23)17-19-10-12-21(25)13-11-19/h5-13,15-16H,2-4,14,17-18H2,1H3. The van der Waals surface area contributed by atoms with Gasteiger partial charge in [0.15, 0.2) is 0 Å². The van der Waals surface area contributed by atoms with Crippen LogP contribution in [0.5, 0.6) is 0 Å². The molecule has 0 atom stereocenters. The zero-order chi connectivity index (χ0) is 22.2. The summed E-state index contributed by atoms with van der Waals surface area (Å²) in [5.74, 6) is -0.504. The number of unbranched alkanes of at least 4 members (excludes halogenated alkanes) is 2. The second-order valence-corrected chi connectivity index (χ2v) is 7.50. The molecule has 1 aromatic heterocycles. The van der Waals surface area contributed by atoms with E-state index in [0.717, 1.165) is 30.5 Å². The third-order valence-corrected chi connectivity index (χ3v) is 5.17. The Bertz CT molecular complexity index is 1030. The second-order valence-electron chi connectivity index (χ2n) is 7.50. The molecule has 162 valence electrons. The van der Waals surface area contributed by atoms with Crippen LogP contribution in [0.3, 0.4) is 0 Å². The van der Waals surface area contributed by atoms with Gasteiger partial charge < -0.3 is 9.47 Å². The lowest BCUT2D eigenvalue weighted by Crippen LogP contribution is -2.32. The molecule has 0 aliphatic carbocycles. The molecule has 0 fully saturated rings. The van der Waals surface area contributed by atoms with Gasteiger partial charge in [0.2, 0.25) is 0 Å². The van der Waals surface area contributed by atoms with Gasteiger partial charge >= 0.3 is 0 Å². The Kier molecular flexibility index (Phi) is 7.54. The highest BCUT2D eigenvalue weighted by molar-refractivity contribution is 5.94. The van der Waals surface area contributed by atoms with Gasteiger partial charge in [-0.15, -0.1) is 0 Å². The van der Waals surface area contributed by atoms with Gasteiger partial charge in [-0.3, -0.25) is 14.9 Å². The predicted molar refractivity (Wildman–Crippen MR) is 117 cm³/mol. The van der Waals surface area contributed by atoms with E-state index in [4.69, 9.17) is 0 Å². The molecule has 0 aliphatic rings. The van der Waals surface area contributed by atoms with Crippen molar-refractivity contribution in [1.82, 2.24) is 9.47 Å². The van der Waals surface area contributed by atoms with E-state index in [1.54, 1.807) is 23.1 Å². The fourth-order valence-electron chi connectivity index (χ4n) is 3.47. The summed E-state index contributed by atoms with van der Waals surface area (Å²) in [6, 6.07) is 16.1. The first-order valence-corrected chi connectivity index (χ1v) is 10.4. The maximum atomic E-state index is 13.2. The molecule has 7 heteroatoms. The lowest BCUT2D eigenvalue weighted by atomic mass is 10.1. The van der Waals surface area contributed by atoms with Gasteiger partial charge in [0.05, 0.1) is 11.5 Å². The van der Waals surface area contributed by atoms with Crippen LogP contribution in [0.2, 0.25) is 0 Å². The predicted octanol–water partition coefficient (Wildman–Crippen LogP) is 5.42. The Morgan fingerprint density at radius 2 is 1.87 bits per heavy atom. The molecule has 0 bridgehead atoms. The first-order valence-electron chi connectivity index (χ1n) is 10.4. The van der Waals surface area contributed by atoms with Crippen LogP contribution in [0.1, 0.15) is 47.8 Å². The summed E-state index contributed by atoms with van der Waals surface area (Å²) in [6.07, 6.45) is 4.81. The van der Waals surface area contributed by atoms with E-state index < -0.39 is 4.92 Å². The third-order valence-electron chi connectivity index (χ3n) is 5.17. The number of aromatic nitrogens is 1. The molecule has 0 radical (unpaired) electrons. The van der Waals surface area contributed by atoms with Crippen LogP contribution in [0.25, 0.3) is 0 Å². The number of nitro benzene ring substituents is 1. The Balaban J connectivity index is 1.81. The first kappa shape index (κ1) is 22.2. The highest BCUT2D eigenvalue weighted by Crippen LogP contribution is 2.18. The van der Waals surface area contributed by atoms with Crippen molar-refractivity contribution < 1.29 is 14.1 Å². The molecule has 0 unspecified atom stereocenters. The van der Waals surface area contributed by atoms with Gasteiger partial charge in [-0.05, 0) is 42.3 Å². The van der Waals surface area contributed by atoms with E-state index in [-0.39, 0.29) is 17.4 Å². The number of nitrogens with zero attached hydrogens (tertiary/aromatic N) is 3. The number of non-ortho nitro benzene ring substituents is 1. The van der Waals surface area contributed by atoms with Gasteiger partial charge in [0.1, 0.15) is 5.82 Å². The van der Waals surface area contributed by atoms with Crippen molar-refractivity contribution in [2.24, 2.45) is 0 Å². The number of nitro groups is 1. The van der Waals surface area contributed by atoms with Gasteiger partial charge in [-0.1, -0.05) is 38.0 Å². The summed E-state index contributed by atoms with van der Waals surface area (Å²) in [5.41, 5.74) is 2.11. The smallest absolute Gasteiger partial charge is 0.270 e. The van der Waals surface area contributed by atoms with E-state index >= 15 is 0 Å². The number of amides is 1. The van der Waals surface area contributed by atoms with Crippen LogP contribution in [0.15, 0.2) is 66.9 Å². The topological polar surface area (TPSA) is 68.4 Å². The first-order chi connectivity index (χ1) is 15.0. The molecule has 31 heavy (non-hydrogen) atoms. The molecule has 1 amide bonds. The fraction of sp³-hybridized carbons (Fsp3) is 0.292. The van der Waals surface area contributed by atoms with Crippen LogP contribution >= 0.6 is 0 Å². The molecule has 3 aromatic rings. The number of hydrogen-bond donors (Lipinski definition) is 0. The highest BCUT2D eigenvalue weighted by Gasteiger charge is 2.19. The molecule has 3 rings (SSSR count). The lowest BCUT2D eigenvalue weighted by molar-refractivity contribution is -0.384. The van der Waals surface area contributed by atoms with Crippen molar-refractivity contribution in [2.75, 3.05) is 6.54 Å². The fourth-order valence-corrected chi connectivity index (χ4v) is 3.47. The molecule has 0 N–H and O–H groups in total. The number of halogens is 1. The monoisotopic (exact) mass is 423 g/mol. The summed E-state index contributed by atoms with van der Waals surface area (Å²) in [5, 5.41) is 11.1. The maximum absolute atomic E-state index is 13.2. The van der Waals surface area contributed by atoms with E-state index in [1.807, 2.05) is 22.9 Å². The van der Waals surface area contributed by atoms with Crippen molar-refractivity contribution >= 4 is 11.6 Å².